The Morgan fingerprint density at radius 3 is 2.35 bits per heavy atom. The number of nitrogens with zero attached hydrogens (tertiary/aromatic N) is 1. The zero-order chi connectivity index (χ0) is 19.1. The molecule has 9 nitrogen and oxygen atoms in total. The summed E-state index contributed by atoms with van der Waals surface area (Å²) >= 11 is 3.21. The van der Waals surface area contributed by atoms with Gasteiger partial charge < -0.3 is 4.74 Å². The van der Waals surface area contributed by atoms with Crippen LogP contribution in [0.25, 0.3) is 0 Å². The molecule has 2 amide bonds. The van der Waals surface area contributed by atoms with Crippen molar-refractivity contribution in [3.05, 3.63) is 74.2 Å². The van der Waals surface area contributed by atoms with Gasteiger partial charge in [-0.15, -0.1) is 0 Å². The number of ether oxygens (including phenoxy) is 1. The first kappa shape index (κ1) is 19.1. The third-order valence-corrected chi connectivity index (χ3v) is 3.54. The maximum Gasteiger partial charge on any atom is 0.338 e. The Balaban J connectivity index is 1.80. The maximum absolute atomic E-state index is 11.8. The third kappa shape index (κ3) is 5.38. The minimum absolute atomic E-state index is 0.113. The molecule has 10 heteroatoms. The van der Waals surface area contributed by atoms with Gasteiger partial charge in [-0.3, -0.25) is 30.6 Å². The fourth-order valence-corrected chi connectivity index (χ4v) is 2.20. The molecule has 2 aromatic carbocycles. The van der Waals surface area contributed by atoms with Crippen molar-refractivity contribution in [1.82, 2.24) is 10.9 Å². The molecule has 0 spiro atoms. The first-order valence-electron chi connectivity index (χ1n) is 7.13. The number of esters is 1. The van der Waals surface area contributed by atoms with Gasteiger partial charge in [0.05, 0.1) is 10.5 Å². The number of halogens is 1. The van der Waals surface area contributed by atoms with Crippen LogP contribution in [0.15, 0.2) is 53.0 Å². The van der Waals surface area contributed by atoms with E-state index in [9.17, 15) is 24.5 Å². The number of rotatable bonds is 5. The molecule has 0 saturated carbocycles. The Morgan fingerprint density at radius 2 is 1.73 bits per heavy atom. The summed E-state index contributed by atoms with van der Waals surface area (Å²) in [6.45, 7) is -0.591. The Bertz CT molecular complexity index is 853. The fraction of sp³-hybridized carbons (Fsp3) is 0.0625. The smallest absolute Gasteiger partial charge is 0.338 e. The summed E-state index contributed by atoms with van der Waals surface area (Å²) in [6, 6.07) is 11.3. The molecule has 0 unspecified atom stereocenters. The van der Waals surface area contributed by atoms with Gasteiger partial charge in [-0.25, -0.2) is 4.79 Å². The Kier molecular flexibility index (Phi) is 6.39. The van der Waals surface area contributed by atoms with Crippen molar-refractivity contribution >= 4 is 39.4 Å². The van der Waals surface area contributed by atoms with Crippen molar-refractivity contribution < 1.29 is 24.0 Å². The van der Waals surface area contributed by atoms with Crippen LogP contribution in [-0.4, -0.2) is 29.3 Å². The molecule has 0 aromatic heterocycles. The summed E-state index contributed by atoms with van der Waals surface area (Å²) in [5.74, 6) is -2.11. The third-order valence-electron chi connectivity index (χ3n) is 3.05. The van der Waals surface area contributed by atoms with E-state index >= 15 is 0 Å². The van der Waals surface area contributed by atoms with Gasteiger partial charge in [0.25, 0.3) is 17.5 Å². The highest BCUT2D eigenvalue weighted by atomic mass is 79.9. The second-order valence-electron chi connectivity index (χ2n) is 4.89. The molecular weight excluding hydrogens is 410 g/mol. The minimum Gasteiger partial charge on any atom is -0.452 e. The van der Waals surface area contributed by atoms with Crippen LogP contribution in [0.3, 0.4) is 0 Å². The molecule has 0 saturated heterocycles. The van der Waals surface area contributed by atoms with Crippen LogP contribution >= 0.6 is 15.9 Å². The van der Waals surface area contributed by atoms with Crippen LogP contribution in [0.5, 0.6) is 0 Å². The number of hydrogen-bond donors (Lipinski definition) is 2. The van der Waals surface area contributed by atoms with Crippen molar-refractivity contribution in [2.45, 2.75) is 0 Å². The van der Waals surface area contributed by atoms with Gasteiger partial charge in [0.15, 0.2) is 6.61 Å². The number of non-ortho nitro benzene ring substituents is 1. The van der Waals surface area contributed by atoms with E-state index in [1.807, 2.05) is 0 Å². The molecular formula is C16H12BrN3O6. The number of hydrazine groups is 1. The van der Waals surface area contributed by atoms with Crippen LogP contribution in [0.2, 0.25) is 0 Å². The lowest BCUT2D eigenvalue weighted by Gasteiger charge is -2.08. The summed E-state index contributed by atoms with van der Waals surface area (Å²) < 4.78 is 5.51. The average molecular weight is 422 g/mol. The standard InChI is InChI=1S/C16H12BrN3O6/c17-12-3-1-2-11(8-12)16(23)26-9-14(21)18-19-15(22)10-4-6-13(7-5-10)20(24)25/h1-8H,9H2,(H,18,21)(H,19,22). The normalized spacial score (nSPS) is 9.88. The lowest BCUT2D eigenvalue weighted by Crippen LogP contribution is -2.43. The van der Waals surface area contributed by atoms with Crippen molar-refractivity contribution in [2.24, 2.45) is 0 Å². The number of carbonyl (C=O) groups is 3. The molecule has 2 aromatic rings. The van der Waals surface area contributed by atoms with E-state index < -0.39 is 29.3 Å². The van der Waals surface area contributed by atoms with Crippen LogP contribution < -0.4 is 10.9 Å². The molecule has 26 heavy (non-hydrogen) atoms. The van der Waals surface area contributed by atoms with E-state index in [2.05, 4.69) is 26.8 Å². The predicted octanol–water partition coefficient (Wildman–Crippen LogP) is 1.98. The average Bonchev–Trinajstić information content (AvgIpc) is 2.64. The number of amides is 2. The SMILES string of the molecule is O=C(COC(=O)c1cccc(Br)c1)NNC(=O)c1ccc([N+](=O)[O-])cc1. The van der Waals surface area contributed by atoms with Gasteiger partial charge >= 0.3 is 5.97 Å². The first-order valence-corrected chi connectivity index (χ1v) is 7.92. The summed E-state index contributed by atoms with van der Waals surface area (Å²) in [4.78, 5) is 45.2. The highest BCUT2D eigenvalue weighted by Crippen LogP contribution is 2.13. The number of hydrogen-bond acceptors (Lipinski definition) is 6. The second-order valence-corrected chi connectivity index (χ2v) is 5.81. The predicted molar refractivity (Wildman–Crippen MR) is 93.1 cm³/mol. The highest BCUT2D eigenvalue weighted by Gasteiger charge is 2.13. The zero-order valence-electron chi connectivity index (χ0n) is 13.1. The zero-order valence-corrected chi connectivity index (χ0v) is 14.7. The Morgan fingerprint density at radius 1 is 1.04 bits per heavy atom. The van der Waals surface area contributed by atoms with Crippen LogP contribution in [-0.2, 0) is 9.53 Å². The molecule has 0 heterocycles. The minimum atomic E-state index is -0.747. The van der Waals surface area contributed by atoms with Gasteiger partial charge in [0.2, 0.25) is 0 Å². The van der Waals surface area contributed by atoms with E-state index in [-0.39, 0.29) is 16.8 Å². The number of nitro groups is 1. The maximum atomic E-state index is 11.8. The molecule has 0 radical (unpaired) electrons. The van der Waals surface area contributed by atoms with Gasteiger partial charge in [-0.1, -0.05) is 22.0 Å². The van der Waals surface area contributed by atoms with E-state index in [4.69, 9.17) is 4.74 Å². The summed E-state index contributed by atoms with van der Waals surface area (Å²) in [6.07, 6.45) is 0. The number of nitro benzene ring substituents is 1. The Hall–Kier alpha value is -3.27. The molecule has 0 aliphatic carbocycles. The van der Waals surface area contributed by atoms with Crippen molar-refractivity contribution in [1.29, 1.82) is 0 Å². The van der Waals surface area contributed by atoms with Gasteiger partial charge in [-0.05, 0) is 30.3 Å². The molecule has 0 aliphatic rings. The van der Waals surface area contributed by atoms with Gasteiger partial charge in [0, 0.05) is 22.2 Å². The topological polar surface area (TPSA) is 128 Å². The van der Waals surface area contributed by atoms with Crippen molar-refractivity contribution in [3.8, 4) is 0 Å². The van der Waals surface area contributed by atoms with E-state index in [0.717, 1.165) is 12.1 Å². The van der Waals surface area contributed by atoms with Crippen LogP contribution in [0, 0.1) is 10.1 Å². The molecule has 0 bridgehead atoms. The quantitative estimate of drug-likeness (QED) is 0.431. The number of benzene rings is 2. The Labute approximate surface area is 155 Å². The molecule has 0 fully saturated rings. The monoisotopic (exact) mass is 421 g/mol. The molecule has 0 atom stereocenters. The second kappa shape index (κ2) is 8.72. The lowest BCUT2D eigenvalue weighted by atomic mass is 10.2. The van der Waals surface area contributed by atoms with Gasteiger partial charge in [0.1, 0.15) is 0 Å². The molecule has 2 N–H and O–H groups in total. The summed E-state index contributed by atoms with van der Waals surface area (Å²) in [5, 5.41) is 10.5. The van der Waals surface area contributed by atoms with Crippen LogP contribution in [0.1, 0.15) is 20.7 Å². The highest BCUT2D eigenvalue weighted by molar-refractivity contribution is 9.10. The van der Waals surface area contributed by atoms with Crippen molar-refractivity contribution in [3.63, 3.8) is 0 Å². The number of carbonyl (C=O) groups excluding carboxylic acids is 3. The lowest BCUT2D eigenvalue weighted by molar-refractivity contribution is -0.384. The van der Waals surface area contributed by atoms with Crippen LogP contribution in [0.4, 0.5) is 5.69 Å². The molecule has 134 valence electrons. The van der Waals surface area contributed by atoms with Crippen molar-refractivity contribution in [2.75, 3.05) is 6.61 Å². The first-order chi connectivity index (χ1) is 12.4. The fourth-order valence-electron chi connectivity index (χ4n) is 1.80. The largest absolute Gasteiger partial charge is 0.452 e. The molecule has 2 rings (SSSR count). The number of nitrogens with one attached hydrogen (secondary N) is 2. The van der Waals surface area contributed by atoms with Gasteiger partial charge in [-0.2, -0.15) is 0 Å². The van der Waals surface area contributed by atoms with E-state index in [1.165, 1.54) is 24.3 Å². The van der Waals surface area contributed by atoms with E-state index in [0.29, 0.717) is 4.47 Å². The van der Waals surface area contributed by atoms with E-state index in [1.54, 1.807) is 12.1 Å². The molecule has 0 aliphatic heterocycles. The summed E-state index contributed by atoms with van der Waals surface area (Å²) in [7, 11) is 0. The summed E-state index contributed by atoms with van der Waals surface area (Å²) in [5.41, 5.74) is 4.41.